The summed E-state index contributed by atoms with van der Waals surface area (Å²) in [6.45, 7) is 2.33. The van der Waals surface area contributed by atoms with Gasteiger partial charge in [-0.05, 0) is 36.1 Å². The Morgan fingerprint density at radius 1 is 0.833 bits per heavy atom. The van der Waals surface area contributed by atoms with E-state index in [1.54, 1.807) is 12.1 Å². The molecule has 0 aliphatic carbocycles. The third-order valence-electron chi connectivity index (χ3n) is 2.59. The Balaban J connectivity index is 0.000000180. The van der Waals surface area contributed by atoms with E-state index in [4.69, 9.17) is 10.2 Å². The van der Waals surface area contributed by atoms with Gasteiger partial charge in [-0.1, -0.05) is 49.4 Å². The van der Waals surface area contributed by atoms with E-state index in [1.165, 1.54) is 11.1 Å². The van der Waals surface area contributed by atoms with Crippen LogP contribution >= 0.6 is 0 Å². The summed E-state index contributed by atoms with van der Waals surface area (Å²) in [5.41, 5.74) is 2.45. The van der Waals surface area contributed by atoms with E-state index in [9.17, 15) is 0 Å². The minimum atomic E-state index is 0.240. The molecule has 0 saturated carbocycles. The number of phenolic OH excluding ortho intramolecular Hbond substituents is 1. The van der Waals surface area contributed by atoms with Crippen LogP contribution in [0.15, 0.2) is 54.6 Å². The van der Waals surface area contributed by atoms with E-state index in [1.807, 2.05) is 42.5 Å². The van der Waals surface area contributed by atoms with Crippen LogP contribution in [0, 0.1) is 0 Å². The van der Waals surface area contributed by atoms with Crippen molar-refractivity contribution in [1.82, 2.24) is 0 Å². The highest BCUT2D eigenvalue weighted by Gasteiger charge is 1.86. The van der Waals surface area contributed by atoms with Crippen LogP contribution < -0.4 is 0 Å². The number of aliphatic hydroxyl groups is 1. The Bertz CT molecular complexity index is 421. The highest BCUT2D eigenvalue weighted by molar-refractivity contribution is 5.25. The predicted molar refractivity (Wildman–Crippen MR) is 74.7 cm³/mol. The van der Waals surface area contributed by atoms with E-state index >= 15 is 0 Å². The maximum atomic E-state index is 8.85. The van der Waals surface area contributed by atoms with Gasteiger partial charge in [-0.25, -0.2) is 0 Å². The second-order valence-corrected chi connectivity index (χ2v) is 3.98. The third-order valence-corrected chi connectivity index (χ3v) is 2.59. The van der Waals surface area contributed by atoms with Crippen LogP contribution in [-0.4, -0.2) is 16.8 Å². The molecule has 0 spiro atoms. The molecule has 0 saturated heterocycles. The monoisotopic (exact) mass is 244 g/mol. The van der Waals surface area contributed by atoms with Crippen LogP contribution in [0.1, 0.15) is 18.1 Å². The van der Waals surface area contributed by atoms with E-state index in [-0.39, 0.29) is 6.61 Å². The molecule has 2 aromatic carbocycles. The molecule has 0 fully saturated rings. The van der Waals surface area contributed by atoms with Gasteiger partial charge in [0.25, 0.3) is 0 Å². The van der Waals surface area contributed by atoms with Gasteiger partial charge in [0.1, 0.15) is 5.75 Å². The molecule has 0 unspecified atom stereocenters. The molecule has 18 heavy (non-hydrogen) atoms. The lowest BCUT2D eigenvalue weighted by Crippen LogP contribution is -1.88. The van der Waals surface area contributed by atoms with Crippen molar-refractivity contribution in [2.45, 2.75) is 19.8 Å². The fraction of sp³-hybridized carbons (Fsp3) is 0.250. The molecule has 0 aliphatic rings. The molecule has 2 nitrogen and oxygen atoms in total. The van der Waals surface area contributed by atoms with Crippen molar-refractivity contribution in [3.63, 3.8) is 0 Å². The van der Waals surface area contributed by atoms with Gasteiger partial charge in [-0.2, -0.15) is 0 Å². The molecular formula is C16H20O2. The van der Waals surface area contributed by atoms with Crippen LogP contribution in [0.2, 0.25) is 0 Å². The van der Waals surface area contributed by atoms with Crippen molar-refractivity contribution >= 4 is 0 Å². The molecule has 96 valence electrons. The van der Waals surface area contributed by atoms with Crippen molar-refractivity contribution < 1.29 is 10.2 Å². The quantitative estimate of drug-likeness (QED) is 0.870. The first kappa shape index (κ1) is 14.3. The number of rotatable bonds is 3. The van der Waals surface area contributed by atoms with Crippen LogP contribution in [0.25, 0.3) is 0 Å². The number of aromatic hydroxyl groups is 1. The van der Waals surface area contributed by atoms with Gasteiger partial charge in [0.15, 0.2) is 0 Å². The minimum absolute atomic E-state index is 0.240. The molecule has 2 heteroatoms. The fourth-order valence-electron chi connectivity index (χ4n) is 1.51. The minimum Gasteiger partial charge on any atom is -0.508 e. The lowest BCUT2D eigenvalue weighted by Gasteiger charge is -1.93. The van der Waals surface area contributed by atoms with Gasteiger partial charge in [0.05, 0.1) is 0 Å². The summed E-state index contributed by atoms with van der Waals surface area (Å²) < 4.78 is 0. The maximum absolute atomic E-state index is 8.85. The molecule has 0 atom stereocenters. The molecule has 0 aliphatic heterocycles. The standard InChI is InChI=1S/2C8H10O/c1-2-7-3-5-8(9)6-4-7;9-7-6-8-4-2-1-3-5-8/h3-6,9H,2H2,1H3;1-5,9H,6-7H2. The second-order valence-electron chi connectivity index (χ2n) is 3.98. The predicted octanol–water partition coefficient (Wildman–Crippen LogP) is 3.18. The average molecular weight is 244 g/mol. The second kappa shape index (κ2) is 8.31. The Morgan fingerprint density at radius 2 is 1.44 bits per heavy atom. The van der Waals surface area contributed by atoms with Gasteiger partial charge < -0.3 is 10.2 Å². The Kier molecular flexibility index (Phi) is 6.59. The van der Waals surface area contributed by atoms with Gasteiger partial charge in [0.2, 0.25) is 0 Å². The third kappa shape index (κ3) is 5.51. The van der Waals surface area contributed by atoms with Gasteiger partial charge in [0, 0.05) is 6.61 Å². The summed E-state index contributed by atoms with van der Waals surface area (Å²) in [5, 5.41) is 17.4. The zero-order chi connectivity index (χ0) is 13.2. The van der Waals surface area contributed by atoms with Crippen LogP contribution in [0.4, 0.5) is 0 Å². The number of phenols is 1. The summed E-state index contributed by atoms with van der Waals surface area (Å²) in [5.74, 6) is 0.340. The normalized spacial score (nSPS) is 9.44. The SMILES string of the molecule is CCc1ccc(O)cc1.OCCc1ccccc1. The van der Waals surface area contributed by atoms with E-state index in [0.717, 1.165) is 12.8 Å². The summed E-state index contributed by atoms with van der Waals surface area (Å²) in [6, 6.07) is 17.2. The first-order chi connectivity index (χ1) is 8.76. The van der Waals surface area contributed by atoms with E-state index in [0.29, 0.717) is 5.75 Å². The van der Waals surface area contributed by atoms with Crippen LogP contribution in [0.3, 0.4) is 0 Å². The lowest BCUT2D eigenvalue weighted by molar-refractivity contribution is 0.299. The number of benzene rings is 2. The Hall–Kier alpha value is -1.80. The Morgan fingerprint density at radius 3 is 1.94 bits per heavy atom. The Labute approximate surface area is 109 Å². The molecule has 2 N–H and O–H groups in total. The smallest absolute Gasteiger partial charge is 0.115 e. The topological polar surface area (TPSA) is 40.5 Å². The molecule has 2 rings (SSSR count). The highest BCUT2D eigenvalue weighted by atomic mass is 16.3. The lowest BCUT2D eigenvalue weighted by atomic mass is 10.2. The molecule has 0 bridgehead atoms. The van der Waals surface area contributed by atoms with Crippen molar-refractivity contribution in [2.75, 3.05) is 6.61 Å². The highest BCUT2D eigenvalue weighted by Crippen LogP contribution is 2.09. The largest absolute Gasteiger partial charge is 0.508 e. The van der Waals surface area contributed by atoms with Crippen LogP contribution in [0.5, 0.6) is 5.75 Å². The molecule has 0 amide bonds. The molecular weight excluding hydrogens is 224 g/mol. The first-order valence-electron chi connectivity index (χ1n) is 6.19. The zero-order valence-corrected chi connectivity index (χ0v) is 10.7. The number of hydrogen-bond donors (Lipinski definition) is 2. The zero-order valence-electron chi connectivity index (χ0n) is 10.7. The number of hydrogen-bond acceptors (Lipinski definition) is 2. The summed E-state index contributed by atoms with van der Waals surface area (Å²) in [7, 11) is 0. The van der Waals surface area contributed by atoms with E-state index < -0.39 is 0 Å². The summed E-state index contributed by atoms with van der Waals surface area (Å²) >= 11 is 0. The van der Waals surface area contributed by atoms with Gasteiger partial charge in [-0.3, -0.25) is 0 Å². The molecule has 0 radical (unpaired) electrons. The number of aliphatic hydroxyl groups excluding tert-OH is 1. The molecule has 0 heterocycles. The van der Waals surface area contributed by atoms with Crippen LogP contribution in [-0.2, 0) is 12.8 Å². The van der Waals surface area contributed by atoms with Gasteiger partial charge in [-0.15, -0.1) is 0 Å². The maximum Gasteiger partial charge on any atom is 0.115 e. The summed E-state index contributed by atoms with van der Waals surface area (Å²) in [6.07, 6.45) is 1.79. The fourth-order valence-corrected chi connectivity index (χ4v) is 1.51. The van der Waals surface area contributed by atoms with Crippen molar-refractivity contribution in [3.05, 3.63) is 65.7 Å². The van der Waals surface area contributed by atoms with Crippen molar-refractivity contribution in [3.8, 4) is 5.75 Å². The van der Waals surface area contributed by atoms with Gasteiger partial charge >= 0.3 is 0 Å². The molecule has 0 aromatic heterocycles. The number of aryl methyl sites for hydroxylation is 1. The van der Waals surface area contributed by atoms with E-state index in [2.05, 4.69) is 6.92 Å². The van der Waals surface area contributed by atoms with Crippen molar-refractivity contribution in [1.29, 1.82) is 0 Å². The summed E-state index contributed by atoms with van der Waals surface area (Å²) in [4.78, 5) is 0. The van der Waals surface area contributed by atoms with Crippen molar-refractivity contribution in [2.24, 2.45) is 0 Å². The molecule has 2 aromatic rings. The average Bonchev–Trinajstić information content (AvgIpc) is 2.42. The first-order valence-corrected chi connectivity index (χ1v) is 6.19.